The van der Waals surface area contributed by atoms with Crippen molar-refractivity contribution in [1.82, 2.24) is 4.98 Å². The lowest BCUT2D eigenvalue weighted by Crippen LogP contribution is -2.27. The fourth-order valence-corrected chi connectivity index (χ4v) is 5.70. The number of carboxylic acids is 1. The number of hydrogen-bond donors (Lipinski definition) is 2. The van der Waals surface area contributed by atoms with Crippen molar-refractivity contribution in [2.45, 2.75) is 25.7 Å². The first-order valence-electron chi connectivity index (χ1n) is 11.3. The first kappa shape index (κ1) is 22.6. The topological polar surface area (TPSA) is 79.3 Å². The summed E-state index contributed by atoms with van der Waals surface area (Å²) < 4.78 is 1.04. The second-order valence-corrected chi connectivity index (χ2v) is 10.1. The Kier molecular flexibility index (Phi) is 6.35. The molecule has 0 radical (unpaired) electrons. The van der Waals surface area contributed by atoms with Crippen LogP contribution in [0.2, 0.25) is 5.02 Å². The SMILES string of the molecule is O=C(O)[C@H]1CCC[C@@H](C(=O)c2ccc(-c3ccc(Nc4nc5ccc(Cl)cc5s4)cc3)cc2)C1. The maximum Gasteiger partial charge on any atom is 0.306 e. The van der Waals surface area contributed by atoms with E-state index < -0.39 is 11.9 Å². The number of benzene rings is 3. The highest BCUT2D eigenvalue weighted by Gasteiger charge is 2.31. The summed E-state index contributed by atoms with van der Waals surface area (Å²) in [7, 11) is 0. The lowest BCUT2D eigenvalue weighted by molar-refractivity contribution is -0.143. The van der Waals surface area contributed by atoms with Gasteiger partial charge in [0, 0.05) is 22.2 Å². The van der Waals surface area contributed by atoms with Gasteiger partial charge in [0.15, 0.2) is 10.9 Å². The Hall–Kier alpha value is -3.22. The molecular formula is C27H23ClN2O3S. The van der Waals surface area contributed by atoms with Crippen LogP contribution in [0.25, 0.3) is 21.3 Å². The Morgan fingerprint density at radius 3 is 2.32 bits per heavy atom. The van der Waals surface area contributed by atoms with E-state index in [0.29, 0.717) is 23.4 Å². The third-order valence-electron chi connectivity index (χ3n) is 6.38. The van der Waals surface area contributed by atoms with Crippen LogP contribution in [0.4, 0.5) is 10.8 Å². The third kappa shape index (κ3) is 4.83. The van der Waals surface area contributed by atoms with Crippen molar-refractivity contribution in [3.8, 4) is 11.1 Å². The minimum atomic E-state index is -0.793. The average molecular weight is 491 g/mol. The number of rotatable bonds is 6. The molecule has 1 aromatic heterocycles. The fourth-order valence-electron chi connectivity index (χ4n) is 4.54. The highest BCUT2D eigenvalue weighted by molar-refractivity contribution is 7.22. The number of halogens is 1. The molecule has 5 rings (SSSR count). The average Bonchev–Trinajstić information content (AvgIpc) is 3.25. The number of ketones is 1. The van der Waals surface area contributed by atoms with E-state index in [1.165, 1.54) is 0 Å². The summed E-state index contributed by atoms with van der Waals surface area (Å²) >= 11 is 7.62. The molecule has 2 N–H and O–H groups in total. The van der Waals surface area contributed by atoms with Gasteiger partial charge in [0.1, 0.15) is 0 Å². The molecule has 0 amide bonds. The molecule has 172 valence electrons. The van der Waals surface area contributed by atoms with Crippen LogP contribution >= 0.6 is 22.9 Å². The lowest BCUT2D eigenvalue weighted by atomic mass is 9.78. The number of carbonyl (C=O) groups excluding carboxylic acids is 1. The van der Waals surface area contributed by atoms with Crippen LogP contribution in [0, 0.1) is 11.8 Å². The number of aliphatic carboxylic acids is 1. The van der Waals surface area contributed by atoms with Crippen molar-refractivity contribution >= 4 is 55.7 Å². The Morgan fingerprint density at radius 2 is 1.62 bits per heavy atom. The Bertz CT molecular complexity index is 1350. The molecule has 0 aliphatic heterocycles. The van der Waals surface area contributed by atoms with Gasteiger partial charge in [0.25, 0.3) is 0 Å². The normalized spacial score (nSPS) is 18.0. The molecule has 1 fully saturated rings. The molecule has 1 aliphatic rings. The number of carbonyl (C=O) groups is 2. The summed E-state index contributed by atoms with van der Waals surface area (Å²) in [5.41, 5.74) is 4.56. The van der Waals surface area contributed by atoms with Crippen molar-refractivity contribution in [3.05, 3.63) is 77.3 Å². The molecule has 1 aliphatic carbocycles. The highest BCUT2D eigenvalue weighted by atomic mass is 35.5. The van der Waals surface area contributed by atoms with Gasteiger partial charge in [-0.1, -0.05) is 65.8 Å². The predicted molar refractivity (Wildman–Crippen MR) is 137 cm³/mol. The third-order valence-corrected chi connectivity index (χ3v) is 7.55. The quantitative estimate of drug-likeness (QED) is 0.274. The number of nitrogens with one attached hydrogen (secondary N) is 1. The molecule has 7 heteroatoms. The van der Waals surface area contributed by atoms with Gasteiger partial charge in [0.2, 0.25) is 0 Å². The number of Topliss-reactive ketones (excluding diaryl/α,β-unsaturated/α-hetero) is 1. The van der Waals surface area contributed by atoms with Gasteiger partial charge in [-0.2, -0.15) is 0 Å². The number of anilines is 2. The van der Waals surface area contributed by atoms with E-state index in [1.54, 1.807) is 11.3 Å². The van der Waals surface area contributed by atoms with Crippen molar-refractivity contribution in [2.75, 3.05) is 5.32 Å². The molecule has 1 heterocycles. The van der Waals surface area contributed by atoms with Gasteiger partial charge in [0.05, 0.1) is 16.1 Å². The van der Waals surface area contributed by atoms with E-state index in [0.717, 1.165) is 45.0 Å². The van der Waals surface area contributed by atoms with Crippen molar-refractivity contribution < 1.29 is 14.7 Å². The number of nitrogens with zero attached hydrogens (tertiary/aromatic N) is 1. The molecule has 4 aromatic rings. The van der Waals surface area contributed by atoms with Gasteiger partial charge >= 0.3 is 5.97 Å². The lowest BCUT2D eigenvalue weighted by Gasteiger charge is -2.25. The van der Waals surface area contributed by atoms with Gasteiger partial charge in [-0.15, -0.1) is 0 Å². The molecular weight excluding hydrogens is 468 g/mol. The second-order valence-electron chi connectivity index (χ2n) is 8.67. The zero-order valence-corrected chi connectivity index (χ0v) is 19.9. The highest BCUT2D eigenvalue weighted by Crippen LogP contribution is 2.33. The van der Waals surface area contributed by atoms with Gasteiger partial charge in [-0.25, -0.2) is 4.98 Å². The van der Waals surface area contributed by atoms with Gasteiger partial charge in [-0.3, -0.25) is 9.59 Å². The van der Waals surface area contributed by atoms with Crippen LogP contribution in [-0.4, -0.2) is 21.8 Å². The minimum absolute atomic E-state index is 0.0502. The molecule has 34 heavy (non-hydrogen) atoms. The standard InChI is InChI=1S/C27H23ClN2O3S/c28-21-10-13-23-24(15-21)34-27(30-23)29-22-11-8-17(9-12-22)16-4-6-18(7-5-16)25(31)19-2-1-3-20(14-19)26(32)33/h4-13,15,19-20H,1-3,14H2,(H,29,30)(H,32,33)/t19-,20+/m1/s1. The smallest absolute Gasteiger partial charge is 0.306 e. The maximum absolute atomic E-state index is 12.9. The first-order chi connectivity index (χ1) is 16.5. The van der Waals surface area contributed by atoms with E-state index in [-0.39, 0.29) is 11.7 Å². The largest absolute Gasteiger partial charge is 0.481 e. The van der Waals surface area contributed by atoms with E-state index in [4.69, 9.17) is 11.6 Å². The number of carboxylic acid groups (broad SMARTS) is 1. The van der Waals surface area contributed by atoms with Crippen LogP contribution in [-0.2, 0) is 4.79 Å². The van der Waals surface area contributed by atoms with Crippen LogP contribution in [0.1, 0.15) is 36.0 Å². The molecule has 3 aromatic carbocycles. The Morgan fingerprint density at radius 1 is 0.941 bits per heavy atom. The maximum atomic E-state index is 12.9. The number of hydrogen-bond acceptors (Lipinski definition) is 5. The van der Waals surface area contributed by atoms with Gasteiger partial charge < -0.3 is 10.4 Å². The van der Waals surface area contributed by atoms with Crippen LogP contribution in [0.15, 0.2) is 66.7 Å². The molecule has 0 unspecified atom stereocenters. The monoisotopic (exact) mass is 490 g/mol. The van der Waals surface area contributed by atoms with E-state index in [9.17, 15) is 14.7 Å². The molecule has 0 spiro atoms. The summed E-state index contributed by atoms with van der Waals surface area (Å²) in [5, 5.41) is 14.1. The summed E-state index contributed by atoms with van der Waals surface area (Å²) in [4.78, 5) is 28.8. The van der Waals surface area contributed by atoms with Crippen molar-refractivity contribution in [1.29, 1.82) is 0 Å². The number of fused-ring (bicyclic) bond motifs is 1. The fraction of sp³-hybridized carbons (Fsp3) is 0.222. The second kappa shape index (κ2) is 9.57. The van der Waals surface area contributed by atoms with Crippen LogP contribution in [0.3, 0.4) is 0 Å². The zero-order valence-electron chi connectivity index (χ0n) is 18.3. The summed E-state index contributed by atoms with van der Waals surface area (Å²) in [6.07, 6.45) is 2.65. The Labute approximate surface area is 206 Å². The van der Waals surface area contributed by atoms with Crippen LogP contribution < -0.4 is 5.32 Å². The van der Waals surface area contributed by atoms with E-state index >= 15 is 0 Å². The minimum Gasteiger partial charge on any atom is -0.481 e. The Balaban J connectivity index is 1.26. The summed E-state index contributed by atoms with van der Waals surface area (Å²) in [6.45, 7) is 0. The molecule has 1 saturated carbocycles. The van der Waals surface area contributed by atoms with E-state index in [1.807, 2.05) is 66.7 Å². The van der Waals surface area contributed by atoms with Crippen molar-refractivity contribution in [3.63, 3.8) is 0 Å². The summed E-state index contributed by atoms with van der Waals surface area (Å²) in [5.74, 6) is -1.35. The van der Waals surface area contributed by atoms with E-state index in [2.05, 4.69) is 10.3 Å². The molecule has 2 atom stereocenters. The number of aromatic nitrogens is 1. The van der Waals surface area contributed by atoms with Crippen LogP contribution in [0.5, 0.6) is 0 Å². The number of thiazole rings is 1. The molecule has 0 saturated heterocycles. The molecule has 0 bridgehead atoms. The zero-order chi connectivity index (χ0) is 23.7. The van der Waals surface area contributed by atoms with Gasteiger partial charge in [-0.05, 0) is 60.7 Å². The summed E-state index contributed by atoms with van der Waals surface area (Å²) in [6, 6.07) is 21.3. The predicted octanol–water partition coefficient (Wildman–Crippen LogP) is 7.43. The van der Waals surface area contributed by atoms with Crippen molar-refractivity contribution in [2.24, 2.45) is 11.8 Å². The molecule has 5 nitrogen and oxygen atoms in total. The first-order valence-corrected chi connectivity index (χ1v) is 12.5.